The van der Waals surface area contributed by atoms with E-state index in [-0.39, 0.29) is 19.8 Å². The first-order chi connectivity index (χ1) is 7.43. The number of hydrogen-bond donors (Lipinski definition) is 2. The number of ether oxygens (including phenoxy) is 1. The van der Waals surface area contributed by atoms with Crippen molar-refractivity contribution in [1.29, 1.82) is 0 Å². The van der Waals surface area contributed by atoms with Crippen LogP contribution in [0.3, 0.4) is 0 Å². The van der Waals surface area contributed by atoms with Crippen molar-refractivity contribution >= 4 is 0 Å². The second-order valence-corrected chi connectivity index (χ2v) is 4.26. The fourth-order valence-electron chi connectivity index (χ4n) is 1.73. The Morgan fingerprint density at radius 2 is 2.00 bits per heavy atom. The lowest BCUT2D eigenvalue weighted by Gasteiger charge is -2.31. The van der Waals surface area contributed by atoms with Crippen LogP contribution in [-0.4, -0.2) is 43.7 Å². The van der Waals surface area contributed by atoms with Crippen molar-refractivity contribution in [3.8, 4) is 0 Å². The van der Waals surface area contributed by atoms with E-state index >= 15 is 0 Å². The summed E-state index contributed by atoms with van der Waals surface area (Å²) in [5, 5.41) is 12.3. The van der Waals surface area contributed by atoms with E-state index in [1.54, 1.807) is 7.05 Å². The second kappa shape index (κ2) is 5.33. The maximum absolute atomic E-state index is 11.9. The standard InChI is InChI=1S/C10H18F3NO2/c1-14-9(6-15,8-2-3-8)7-16-5-4-10(11,12)13/h8,14-15H,2-7H2,1H3. The molecule has 1 aliphatic rings. The highest BCUT2D eigenvalue weighted by Gasteiger charge is 2.44. The van der Waals surface area contributed by atoms with Crippen LogP contribution in [-0.2, 0) is 4.74 Å². The summed E-state index contributed by atoms with van der Waals surface area (Å²) in [6, 6.07) is 0. The Bertz CT molecular complexity index is 213. The molecule has 0 radical (unpaired) electrons. The van der Waals surface area contributed by atoms with E-state index in [9.17, 15) is 18.3 Å². The summed E-state index contributed by atoms with van der Waals surface area (Å²) >= 11 is 0. The third-order valence-electron chi connectivity index (χ3n) is 3.03. The van der Waals surface area contributed by atoms with Gasteiger partial charge in [-0.1, -0.05) is 0 Å². The van der Waals surface area contributed by atoms with E-state index < -0.39 is 18.1 Å². The van der Waals surface area contributed by atoms with Crippen LogP contribution in [0.15, 0.2) is 0 Å². The molecule has 0 heterocycles. The van der Waals surface area contributed by atoms with Crippen molar-refractivity contribution in [3.05, 3.63) is 0 Å². The van der Waals surface area contributed by atoms with E-state index in [1.165, 1.54) is 0 Å². The predicted molar refractivity (Wildman–Crippen MR) is 53.1 cm³/mol. The molecule has 1 atom stereocenters. The minimum atomic E-state index is -4.18. The van der Waals surface area contributed by atoms with Gasteiger partial charge in [-0.3, -0.25) is 0 Å². The molecule has 0 aliphatic heterocycles. The maximum Gasteiger partial charge on any atom is 0.391 e. The zero-order valence-electron chi connectivity index (χ0n) is 9.31. The van der Waals surface area contributed by atoms with Gasteiger partial charge < -0.3 is 15.2 Å². The Hall–Kier alpha value is -0.330. The van der Waals surface area contributed by atoms with Gasteiger partial charge in [0.25, 0.3) is 0 Å². The van der Waals surface area contributed by atoms with Crippen LogP contribution in [0.1, 0.15) is 19.3 Å². The first-order valence-corrected chi connectivity index (χ1v) is 5.38. The zero-order valence-corrected chi connectivity index (χ0v) is 9.31. The van der Waals surface area contributed by atoms with Gasteiger partial charge in [0.15, 0.2) is 0 Å². The molecule has 3 nitrogen and oxygen atoms in total. The molecule has 2 N–H and O–H groups in total. The normalized spacial score (nSPS) is 20.8. The van der Waals surface area contributed by atoms with E-state index in [4.69, 9.17) is 4.74 Å². The predicted octanol–water partition coefficient (Wildman–Crippen LogP) is 1.32. The molecule has 1 fully saturated rings. The fraction of sp³-hybridized carbons (Fsp3) is 1.00. The highest BCUT2D eigenvalue weighted by Crippen LogP contribution is 2.39. The quantitative estimate of drug-likeness (QED) is 0.660. The maximum atomic E-state index is 11.9. The van der Waals surface area contributed by atoms with Gasteiger partial charge >= 0.3 is 6.18 Å². The largest absolute Gasteiger partial charge is 0.394 e. The molecule has 16 heavy (non-hydrogen) atoms. The Labute approximate surface area is 93.0 Å². The summed E-state index contributed by atoms with van der Waals surface area (Å²) in [7, 11) is 1.70. The molecule has 1 saturated carbocycles. The minimum Gasteiger partial charge on any atom is -0.394 e. The first kappa shape index (κ1) is 13.7. The monoisotopic (exact) mass is 241 g/mol. The Balaban J connectivity index is 2.28. The van der Waals surface area contributed by atoms with Crippen LogP contribution in [0.5, 0.6) is 0 Å². The summed E-state index contributed by atoms with van der Waals surface area (Å²) in [5.41, 5.74) is -0.564. The van der Waals surface area contributed by atoms with Gasteiger partial charge in [0.05, 0.1) is 31.8 Å². The summed E-state index contributed by atoms with van der Waals surface area (Å²) < 4.78 is 40.6. The number of halogens is 3. The van der Waals surface area contributed by atoms with Gasteiger partial charge in [-0.25, -0.2) is 0 Å². The van der Waals surface area contributed by atoms with E-state index in [1.807, 2.05) is 0 Å². The lowest BCUT2D eigenvalue weighted by molar-refractivity contribution is -0.147. The molecular weight excluding hydrogens is 223 g/mol. The van der Waals surface area contributed by atoms with E-state index in [0.29, 0.717) is 5.92 Å². The average Bonchev–Trinajstić information content (AvgIpc) is 3.01. The van der Waals surface area contributed by atoms with Gasteiger partial charge in [-0.05, 0) is 25.8 Å². The number of likely N-dealkylation sites (N-methyl/N-ethyl adjacent to an activating group) is 1. The molecule has 0 aromatic carbocycles. The van der Waals surface area contributed by atoms with Crippen molar-refractivity contribution in [2.45, 2.75) is 31.0 Å². The summed E-state index contributed by atoms with van der Waals surface area (Å²) in [6.07, 6.45) is -3.14. The number of alkyl halides is 3. The molecule has 0 saturated heterocycles. The van der Waals surface area contributed by atoms with Gasteiger partial charge in [0, 0.05) is 0 Å². The number of aliphatic hydroxyl groups excluding tert-OH is 1. The minimum absolute atomic E-state index is 0.111. The van der Waals surface area contributed by atoms with Crippen molar-refractivity contribution in [2.24, 2.45) is 5.92 Å². The lowest BCUT2D eigenvalue weighted by atomic mass is 9.96. The molecule has 1 aliphatic carbocycles. The fourth-order valence-corrected chi connectivity index (χ4v) is 1.73. The molecular formula is C10H18F3NO2. The topological polar surface area (TPSA) is 41.5 Å². The summed E-state index contributed by atoms with van der Waals surface area (Å²) in [6.45, 7) is -0.333. The molecule has 0 aromatic rings. The summed E-state index contributed by atoms with van der Waals surface area (Å²) in [4.78, 5) is 0. The van der Waals surface area contributed by atoms with Crippen LogP contribution in [0.25, 0.3) is 0 Å². The highest BCUT2D eigenvalue weighted by atomic mass is 19.4. The molecule has 1 rings (SSSR count). The highest BCUT2D eigenvalue weighted by molar-refractivity contribution is 5.00. The Kier molecular flexibility index (Phi) is 4.58. The van der Waals surface area contributed by atoms with Gasteiger partial charge in [-0.2, -0.15) is 13.2 Å². The summed E-state index contributed by atoms with van der Waals surface area (Å²) in [5.74, 6) is 0.313. The van der Waals surface area contributed by atoms with Crippen LogP contribution in [0.4, 0.5) is 13.2 Å². The van der Waals surface area contributed by atoms with Crippen molar-refractivity contribution in [1.82, 2.24) is 5.32 Å². The van der Waals surface area contributed by atoms with Crippen LogP contribution >= 0.6 is 0 Å². The Morgan fingerprint density at radius 1 is 1.38 bits per heavy atom. The molecule has 0 amide bonds. The van der Waals surface area contributed by atoms with Gasteiger partial charge in [-0.15, -0.1) is 0 Å². The average molecular weight is 241 g/mol. The Morgan fingerprint density at radius 3 is 2.38 bits per heavy atom. The zero-order chi connectivity index (χ0) is 12.2. The smallest absolute Gasteiger partial charge is 0.391 e. The van der Waals surface area contributed by atoms with Crippen molar-refractivity contribution in [2.75, 3.05) is 26.9 Å². The number of hydrogen-bond acceptors (Lipinski definition) is 3. The number of aliphatic hydroxyl groups is 1. The lowest BCUT2D eigenvalue weighted by Crippen LogP contribution is -2.52. The molecule has 0 spiro atoms. The van der Waals surface area contributed by atoms with Gasteiger partial charge in [0.1, 0.15) is 0 Å². The van der Waals surface area contributed by atoms with E-state index in [2.05, 4.69) is 5.32 Å². The molecule has 96 valence electrons. The molecule has 1 unspecified atom stereocenters. The van der Waals surface area contributed by atoms with Crippen LogP contribution in [0.2, 0.25) is 0 Å². The molecule has 0 bridgehead atoms. The third kappa shape index (κ3) is 3.92. The first-order valence-electron chi connectivity index (χ1n) is 5.38. The van der Waals surface area contributed by atoms with Crippen molar-refractivity contribution in [3.63, 3.8) is 0 Å². The number of rotatable bonds is 7. The van der Waals surface area contributed by atoms with E-state index in [0.717, 1.165) is 12.8 Å². The van der Waals surface area contributed by atoms with Gasteiger partial charge in [0.2, 0.25) is 0 Å². The second-order valence-electron chi connectivity index (χ2n) is 4.26. The van der Waals surface area contributed by atoms with Crippen LogP contribution in [0, 0.1) is 5.92 Å². The SMILES string of the molecule is CNC(CO)(COCCC(F)(F)F)C1CC1. The van der Waals surface area contributed by atoms with Crippen molar-refractivity contribution < 1.29 is 23.0 Å². The van der Waals surface area contributed by atoms with Crippen LogP contribution < -0.4 is 5.32 Å². The number of nitrogens with one attached hydrogen (secondary N) is 1. The molecule has 6 heteroatoms. The molecule has 0 aromatic heterocycles. The third-order valence-corrected chi connectivity index (χ3v) is 3.03.